The number of piperazine rings is 1. The van der Waals surface area contributed by atoms with Crippen LogP contribution >= 0.6 is 0 Å². The van der Waals surface area contributed by atoms with E-state index < -0.39 is 0 Å². The molecular formula is C19H22N4O2. The van der Waals surface area contributed by atoms with Crippen LogP contribution in [0.4, 0.5) is 0 Å². The highest BCUT2D eigenvalue weighted by atomic mass is 16.5. The predicted octanol–water partition coefficient (Wildman–Crippen LogP) is 1.89. The third kappa shape index (κ3) is 2.98. The summed E-state index contributed by atoms with van der Waals surface area (Å²) in [6.07, 6.45) is 2.72. The summed E-state index contributed by atoms with van der Waals surface area (Å²) in [5, 5.41) is 0. The van der Waals surface area contributed by atoms with E-state index in [0.717, 1.165) is 37.4 Å². The summed E-state index contributed by atoms with van der Waals surface area (Å²) in [6, 6.07) is 10.2. The summed E-state index contributed by atoms with van der Waals surface area (Å²) >= 11 is 0. The second-order valence-corrected chi connectivity index (χ2v) is 6.78. The van der Waals surface area contributed by atoms with E-state index in [2.05, 4.69) is 20.9 Å². The van der Waals surface area contributed by atoms with Gasteiger partial charge in [0.05, 0.1) is 12.8 Å². The van der Waals surface area contributed by atoms with Gasteiger partial charge < -0.3 is 9.64 Å². The number of aryl methyl sites for hydroxylation is 1. The maximum atomic E-state index is 12.9. The molecule has 0 N–H and O–H groups in total. The van der Waals surface area contributed by atoms with E-state index in [4.69, 9.17) is 4.74 Å². The van der Waals surface area contributed by atoms with E-state index >= 15 is 0 Å². The van der Waals surface area contributed by atoms with E-state index in [1.165, 1.54) is 0 Å². The Hall–Kier alpha value is -2.47. The highest BCUT2D eigenvalue weighted by Gasteiger charge is 2.47. The van der Waals surface area contributed by atoms with E-state index in [1.807, 2.05) is 24.0 Å². The number of amides is 1. The third-order valence-electron chi connectivity index (χ3n) is 5.03. The maximum Gasteiger partial charge on any atom is 0.259 e. The monoisotopic (exact) mass is 338 g/mol. The van der Waals surface area contributed by atoms with Crippen LogP contribution in [0.5, 0.6) is 5.88 Å². The van der Waals surface area contributed by atoms with Crippen LogP contribution in [0.15, 0.2) is 36.5 Å². The van der Waals surface area contributed by atoms with E-state index in [9.17, 15) is 4.79 Å². The summed E-state index contributed by atoms with van der Waals surface area (Å²) in [6.45, 7) is 4.63. The lowest BCUT2D eigenvalue weighted by molar-refractivity contribution is -0.0504. The van der Waals surface area contributed by atoms with Crippen molar-refractivity contribution in [2.75, 3.05) is 20.2 Å². The topological polar surface area (TPSA) is 58.6 Å². The van der Waals surface area contributed by atoms with Crippen molar-refractivity contribution in [2.24, 2.45) is 0 Å². The fourth-order valence-electron chi connectivity index (χ4n) is 3.93. The summed E-state index contributed by atoms with van der Waals surface area (Å²) in [5.41, 5.74) is 2.68. The molecule has 3 aliphatic rings. The Balaban J connectivity index is 1.44. The first-order chi connectivity index (χ1) is 12.2. The molecule has 3 fully saturated rings. The molecule has 6 heteroatoms. The van der Waals surface area contributed by atoms with Gasteiger partial charge in [0.2, 0.25) is 5.88 Å². The third-order valence-corrected chi connectivity index (χ3v) is 5.03. The second-order valence-electron chi connectivity index (χ2n) is 6.78. The van der Waals surface area contributed by atoms with Gasteiger partial charge in [-0.25, -0.2) is 4.98 Å². The van der Waals surface area contributed by atoms with Gasteiger partial charge in [0.25, 0.3) is 5.91 Å². The number of piperidine rings is 1. The van der Waals surface area contributed by atoms with Gasteiger partial charge in [-0.15, -0.1) is 0 Å². The van der Waals surface area contributed by atoms with Crippen molar-refractivity contribution in [3.05, 3.63) is 53.5 Å². The molecular weight excluding hydrogens is 316 g/mol. The molecule has 25 heavy (non-hydrogen) atoms. The van der Waals surface area contributed by atoms with Crippen LogP contribution in [0.3, 0.4) is 0 Å². The number of ether oxygens (including phenoxy) is 1. The van der Waals surface area contributed by atoms with Crippen LogP contribution in [-0.2, 0) is 6.54 Å². The van der Waals surface area contributed by atoms with Gasteiger partial charge in [-0.05, 0) is 37.6 Å². The van der Waals surface area contributed by atoms with Gasteiger partial charge in [-0.1, -0.05) is 6.07 Å². The van der Waals surface area contributed by atoms with Gasteiger partial charge in [-0.3, -0.25) is 14.7 Å². The Labute approximate surface area is 147 Å². The van der Waals surface area contributed by atoms with Gasteiger partial charge in [0.1, 0.15) is 5.56 Å². The molecule has 2 aromatic heterocycles. The SMILES string of the molecule is COc1ncccc1C(=O)N1C2CC1CN(Cc1cccc(C)n1)C2. The molecule has 0 radical (unpaired) electrons. The average Bonchev–Trinajstić information content (AvgIpc) is 2.61. The predicted molar refractivity (Wildman–Crippen MR) is 93.4 cm³/mol. The van der Waals surface area contributed by atoms with Gasteiger partial charge >= 0.3 is 0 Å². The number of hydrogen-bond acceptors (Lipinski definition) is 5. The summed E-state index contributed by atoms with van der Waals surface area (Å²) in [7, 11) is 1.55. The summed E-state index contributed by atoms with van der Waals surface area (Å²) in [4.78, 5) is 26.0. The van der Waals surface area contributed by atoms with Crippen LogP contribution in [0.2, 0.25) is 0 Å². The van der Waals surface area contributed by atoms with Crippen LogP contribution in [0.25, 0.3) is 0 Å². The molecule has 2 atom stereocenters. The lowest BCUT2D eigenvalue weighted by atomic mass is 9.86. The highest BCUT2D eigenvalue weighted by Crippen LogP contribution is 2.35. The number of fused-ring (bicyclic) bond motifs is 2. The van der Waals surface area contributed by atoms with Crippen molar-refractivity contribution in [3.63, 3.8) is 0 Å². The van der Waals surface area contributed by atoms with Crippen LogP contribution in [0, 0.1) is 6.92 Å². The van der Waals surface area contributed by atoms with Crippen LogP contribution < -0.4 is 4.74 Å². The van der Waals surface area contributed by atoms with Crippen molar-refractivity contribution in [1.82, 2.24) is 19.8 Å². The fourth-order valence-corrected chi connectivity index (χ4v) is 3.93. The molecule has 5 rings (SSSR count). The zero-order chi connectivity index (χ0) is 17.4. The summed E-state index contributed by atoms with van der Waals surface area (Å²) < 4.78 is 5.24. The molecule has 2 aromatic rings. The Bertz CT molecular complexity index is 782. The normalized spacial score (nSPS) is 22.4. The molecule has 130 valence electrons. The minimum Gasteiger partial charge on any atom is -0.480 e. The number of methoxy groups -OCH3 is 1. The molecule has 0 saturated carbocycles. The number of carbonyl (C=O) groups is 1. The molecule has 0 aliphatic carbocycles. The zero-order valence-electron chi connectivity index (χ0n) is 14.6. The van der Waals surface area contributed by atoms with Gasteiger partial charge in [0, 0.05) is 43.6 Å². The number of nitrogens with zero attached hydrogens (tertiary/aromatic N) is 4. The van der Waals surface area contributed by atoms with Gasteiger partial charge in [-0.2, -0.15) is 0 Å². The second kappa shape index (κ2) is 6.44. The first kappa shape index (κ1) is 16.0. The Morgan fingerprint density at radius 2 is 2.04 bits per heavy atom. The maximum absolute atomic E-state index is 12.9. The minimum absolute atomic E-state index is 0.0273. The lowest BCUT2D eigenvalue weighted by Crippen LogP contribution is -2.69. The molecule has 5 heterocycles. The van der Waals surface area contributed by atoms with E-state index in [-0.39, 0.29) is 18.0 Å². The van der Waals surface area contributed by atoms with Crippen LogP contribution in [-0.4, -0.2) is 58.0 Å². The number of aromatic nitrogens is 2. The van der Waals surface area contributed by atoms with E-state index in [1.54, 1.807) is 25.4 Å². The standard InChI is InChI=1S/C19H22N4O2/c1-13-5-3-6-14(21-13)10-22-11-15-9-16(12-22)23(15)19(24)17-7-4-8-20-18(17)25-2/h3-8,15-16H,9-12H2,1-2H3. The van der Waals surface area contributed by atoms with Crippen LogP contribution in [0.1, 0.15) is 28.2 Å². The molecule has 3 saturated heterocycles. The zero-order valence-corrected chi connectivity index (χ0v) is 14.6. The van der Waals surface area contributed by atoms with Crippen molar-refractivity contribution in [1.29, 1.82) is 0 Å². The summed E-state index contributed by atoms with van der Waals surface area (Å²) in [5.74, 6) is 0.429. The Morgan fingerprint density at radius 3 is 2.76 bits per heavy atom. The number of pyridine rings is 2. The largest absolute Gasteiger partial charge is 0.480 e. The number of rotatable bonds is 4. The first-order valence-electron chi connectivity index (χ1n) is 8.62. The van der Waals surface area contributed by atoms with Crippen molar-refractivity contribution < 1.29 is 9.53 Å². The molecule has 0 aromatic carbocycles. The molecule has 3 aliphatic heterocycles. The Kier molecular flexibility index (Phi) is 4.13. The molecule has 2 unspecified atom stereocenters. The van der Waals surface area contributed by atoms with Crippen molar-refractivity contribution in [2.45, 2.75) is 32.0 Å². The first-order valence-corrected chi connectivity index (χ1v) is 8.62. The van der Waals surface area contributed by atoms with Gasteiger partial charge in [0.15, 0.2) is 0 Å². The Morgan fingerprint density at radius 1 is 1.24 bits per heavy atom. The van der Waals surface area contributed by atoms with Crippen molar-refractivity contribution >= 4 is 5.91 Å². The number of hydrogen-bond donors (Lipinski definition) is 0. The molecule has 6 nitrogen and oxygen atoms in total. The highest BCUT2D eigenvalue weighted by molar-refractivity contribution is 5.97. The number of carbonyl (C=O) groups excluding carboxylic acids is 1. The average molecular weight is 338 g/mol. The van der Waals surface area contributed by atoms with Crippen molar-refractivity contribution in [3.8, 4) is 5.88 Å². The quantitative estimate of drug-likeness (QED) is 0.852. The smallest absolute Gasteiger partial charge is 0.259 e. The molecule has 1 amide bonds. The fraction of sp³-hybridized carbons (Fsp3) is 0.421. The lowest BCUT2D eigenvalue weighted by Gasteiger charge is -2.56. The minimum atomic E-state index is 0.0273. The molecule has 2 bridgehead atoms. The van der Waals surface area contributed by atoms with E-state index in [0.29, 0.717) is 11.4 Å². The molecule has 0 spiro atoms.